The molecule has 0 atom stereocenters. The summed E-state index contributed by atoms with van der Waals surface area (Å²) in [6.45, 7) is 5.25. The van der Waals surface area contributed by atoms with Gasteiger partial charge in [0.25, 0.3) is 0 Å². The maximum Gasteiger partial charge on any atom is 0.239 e. The van der Waals surface area contributed by atoms with E-state index >= 15 is 0 Å². The second-order valence-electron chi connectivity index (χ2n) is 3.71. The first-order valence-electron chi connectivity index (χ1n) is 5.84. The summed E-state index contributed by atoms with van der Waals surface area (Å²) in [4.78, 5) is 13.4. The Balaban J connectivity index is 2.99. The third-order valence-electron chi connectivity index (χ3n) is 2.53. The van der Waals surface area contributed by atoms with Crippen molar-refractivity contribution in [2.45, 2.75) is 13.8 Å². The molecule has 1 aromatic carbocycles. The van der Waals surface area contributed by atoms with E-state index in [1.807, 2.05) is 18.7 Å². The molecule has 0 spiro atoms. The summed E-state index contributed by atoms with van der Waals surface area (Å²) < 4.78 is 0. The van der Waals surface area contributed by atoms with Crippen molar-refractivity contribution in [2.24, 2.45) is 0 Å². The van der Waals surface area contributed by atoms with Gasteiger partial charge >= 0.3 is 0 Å². The summed E-state index contributed by atoms with van der Waals surface area (Å²) in [7, 11) is 0. The van der Waals surface area contributed by atoms with E-state index in [4.69, 9.17) is 16.9 Å². The normalized spacial score (nSPS) is 9.67. The largest absolute Gasteiger partial charge is 0.361 e. The summed E-state index contributed by atoms with van der Waals surface area (Å²) in [5, 5.41) is 12.3. The number of hydrogen-bond acceptors (Lipinski definition) is 3. The zero-order chi connectivity index (χ0) is 13.5. The molecule has 0 aromatic heterocycles. The summed E-state index contributed by atoms with van der Waals surface area (Å²) in [5.41, 5.74) is 1.10. The summed E-state index contributed by atoms with van der Waals surface area (Å²) in [6, 6.07) is 7.32. The number of likely N-dealkylation sites (N-methyl/N-ethyl adjacent to an activating group) is 2. The van der Waals surface area contributed by atoms with Gasteiger partial charge in [-0.1, -0.05) is 17.7 Å². The van der Waals surface area contributed by atoms with E-state index in [2.05, 4.69) is 11.4 Å². The maximum atomic E-state index is 11.6. The molecule has 0 radical (unpaired) electrons. The van der Waals surface area contributed by atoms with Crippen molar-refractivity contribution in [3.8, 4) is 6.07 Å². The number of nitrogens with zero attached hydrogens (tertiary/aromatic N) is 2. The minimum atomic E-state index is -0.0665. The minimum absolute atomic E-state index is 0.0665. The Labute approximate surface area is 112 Å². The lowest BCUT2D eigenvalue weighted by atomic mass is 10.1. The highest BCUT2D eigenvalue weighted by Crippen LogP contribution is 2.26. The van der Waals surface area contributed by atoms with Gasteiger partial charge in [-0.25, -0.2) is 0 Å². The van der Waals surface area contributed by atoms with Crippen molar-refractivity contribution in [3.63, 3.8) is 0 Å². The number of halogens is 1. The predicted octanol–water partition coefficient (Wildman–Crippen LogP) is 2.17. The lowest BCUT2D eigenvalue weighted by molar-refractivity contribution is -0.119. The second-order valence-corrected chi connectivity index (χ2v) is 4.12. The topological polar surface area (TPSA) is 56.1 Å². The predicted molar refractivity (Wildman–Crippen MR) is 72.7 cm³/mol. The summed E-state index contributed by atoms with van der Waals surface area (Å²) >= 11 is 5.98. The Morgan fingerprint density at radius 3 is 2.78 bits per heavy atom. The van der Waals surface area contributed by atoms with Crippen molar-refractivity contribution < 1.29 is 4.79 Å². The van der Waals surface area contributed by atoms with Gasteiger partial charge in [-0.3, -0.25) is 4.79 Å². The van der Waals surface area contributed by atoms with E-state index in [-0.39, 0.29) is 12.5 Å². The Kier molecular flexibility index (Phi) is 5.47. The van der Waals surface area contributed by atoms with Crippen LogP contribution in [0.1, 0.15) is 19.4 Å². The van der Waals surface area contributed by atoms with Gasteiger partial charge in [0.05, 0.1) is 22.8 Å². The molecule has 1 amide bonds. The SMILES string of the molecule is CCNC(=O)CN(CC)c1cccc(Cl)c1C#N. The standard InChI is InChI=1S/C13H16ClN3O/c1-3-16-13(18)9-17(4-2)12-7-5-6-11(14)10(12)8-15/h5-7H,3-4,9H2,1-2H3,(H,16,18). The first kappa shape index (κ1) is 14.3. The quantitative estimate of drug-likeness (QED) is 0.888. The van der Waals surface area contributed by atoms with Gasteiger partial charge in [0.1, 0.15) is 6.07 Å². The van der Waals surface area contributed by atoms with Gasteiger partial charge in [-0.05, 0) is 26.0 Å². The van der Waals surface area contributed by atoms with Crippen LogP contribution in [0.5, 0.6) is 0 Å². The molecule has 0 saturated heterocycles. The summed E-state index contributed by atoms with van der Waals surface area (Å²) in [6.07, 6.45) is 0. The van der Waals surface area contributed by atoms with E-state index in [0.29, 0.717) is 29.4 Å². The molecule has 0 heterocycles. The molecule has 0 aliphatic heterocycles. The van der Waals surface area contributed by atoms with Crippen LogP contribution in [0.15, 0.2) is 18.2 Å². The van der Waals surface area contributed by atoms with Gasteiger partial charge in [-0.15, -0.1) is 0 Å². The van der Waals surface area contributed by atoms with Crippen molar-refractivity contribution in [1.82, 2.24) is 5.32 Å². The molecule has 0 aliphatic rings. The van der Waals surface area contributed by atoms with E-state index in [1.165, 1.54) is 0 Å². The zero-order valence-corrected chi connectivity index (χ0v) is 11.3. The third-order valence-corrected chi connectivity index (χ3v) is 2.85. The molecule has 4 nitrogen and oxygen atoms in total. The van der Waals surface area contributed by atoms with Gasteiger partial charge in [0.2, 0.25) is 5.91 Å². The smallest absolute Gasteiger partial charge is 0.239 e. The Hall–Kier alpha value is -1.73. The Morgan fingerprint density at radius 2 is 2.22 bits per heavy atom. The molecule has 18 heavy (non-hydrogen) atoms. The van der Waals surface area contributed by atoms with Crippen LogP contribution < -0.4 is 10.2 Å². The van der Waals surface area contributed by atoms with Crippen LogP contribution >= 0.6 is 11.6 Å². The van der Waals surface area contributed by atoms with Crippen molar-refractivity contribution >= 4 is 23.2 Å². The van der Waals surface area contributed by atoms with E-state index in [0.717, 1.165) is 0 Å². The van der Waals surface area contributed by atoms with Crippen LogP contribution in [0.2, 0.25) is 5.02 Å². The Bertz CT molecular complexity index is 468. The molecule has 0 saturated carbocycles. The fourth-order valence-corrected chi connectivity index (χ4v) is 1.89. The lowest BCUT2D eigenvalue weighted by Crippen LogP contribution is -2.37. The molecule has 0 fully saturated rings. The molecule has 0 unspecified atom stereocenters. The number of amides is 1. The highest BCUT2D eigenvalue weighted by molar-refractivity contribution is 6.32. The molecule has 5 heteroatoms. The monoisotopic (exact) mass is 265 g/mol. The van der Waals surface area contributed by atoms with E-state index in [9.17, 15) is 4.79 Å². The van der Waals surface area contributed by atoms with E-state index in [1.54, 1.807) is 18.2 Å². The maximum absolute atomic E-state index is 11.6. The molecule has 0 aliphatic carbocycles. The van der Waals surface area contributed by atoms with Crippen molar-refractivity contribution in [1.29, 1.82) is 5.26 Å². The number of nitrogens with one attached hydrogen (secondary N) is 1. The zero-order valence-electron chi connectivity index (χ0n) is 10.5. The van der Waals surface area contributed by atoms with Crippen molar-refractivity contribution in [2.75, 3.05) is 24.5 Å². The van der Waals surface area contributed by atoms with Gasteiger partial charge in [0, 0.05) is 13.1 Å². The van der Waals surface area contributed by atoms with Crippen LogP contribution in [0, 0.1) is 11.3 Å². The average Bonchev–Trinajstić information content (AvgIpc) is 2.36. The molecule has 1 aromatic rings. The highest BCUT2D eigenvalue weighted by atomic mass is 35.5. The number of carbonyl (C=O) groups excluding carboxylic acids is 1. The van der Waals surface area contributed by atoms with Gasteiger partial charge in [0.15, 0.2) is 0 Å². The average molecular weight is 266 g/mol. The van der Waals surface area contributed by atoms with Crippen LogP contribution in [0.3, 0.4) is 0 Å². The number of carbonyl (C=O) groups is 1. The number of benzene rings is 1. The number of nitriles is 1. The molecule has 96 valence electrons. The minimum Gasteiger partial charge on any atom is -0.361 e. The fourth-order valence-electron chi connectivity index (χ4n) is 1.68. The van der Waals surface area contributed by atoms with Crippen LogP contribution in [-0.4, -0.2) is 25.5 Å². The first-order valence-corrected chi connectivity index (χ1v) is 6.22. The second kappa shape index (κ2) is 6.87. The van der Waals surface area contributed by atoms with Gasteiger partial charge in [-0.2, -0.15) is 5.26 Å². The lowest BCUT2D eigenvalue weighted by Gasteiger charge is -2.23. The molecule has 1 N–H and O–H groups in total. The van der Waals surface area contributed by atoms with Gasteiger partial charge < -0.3 is 10.2 Å². The molecular weight excluding hydrogens is 250 g/mol. The number of rotatable bonds is 5. The Morgan fingerprint density at radius 1 is 1.50 bits per heavy atom. The van der Waals surface area contributed by atoms with Crippen LogP contribution in [0.25, 0.3) is 0 Å². The summed E-state index contributed by atoms with van der Waals surface area (Å²) in [5.74, 6) is -0.0665. The van der Waals surface area contributed by atoms with E-state index < -0.39 is 0 Å². The number of hydrogen-bond donors (Lipinski definition) is 1. The fraction of sp³-hybridized carbons (Fsp3) is 0.385. The first-order chi connectivity index (χ1) is 8.63. The third kappa shape index (κ3) is 3.38. The molecule has 0 bridgehead atoms. The van der Waals surface area contributed by atoms with Crippen molar-refractivity contribution in [3.05, 3.63) is 28.8 Å². The van der Waals surface area contributed by atoms with Crippen LogP contribution in [-0.2, 0) is 4.79 Å². The number of anilines is 1. The molecule has 1 rings (SSSR count). The van der Waals surface area contributed by atoms with Crippen LogP contribution in [0.4, 0.5) is 5.69 Å². The highest BCUT2D eigenvalue weighted by Gasteiger charge is 2.14. The molecular formula is C13H16ClN3O.